The van der Waals surface area contributed by atoms with Crippen molar-refractivity contribution in [3.05, 3.63) is 0 Å². The molecule has 1 saturated heterocycles. The number of nitrogens with zero attached hydrogens (tertiary/aromatic N) is 2. The molecule has 0 radical (unpaired) electrons. The molecule has 0 aromatic heterocycles. The van der Waals surface area contributed by atoms with Crippen LogP contribution in [0, 0.1) is 16.7 Å². The number of hydrogen-bond acceptors (Lipinski definition) is 3. The van der Waals surface area contributed by atoms with Crippen LogP contribution in [0.25, 0.3) is 0 Å². The lowest BCUT2D eigenvalue weighted by molar-refractivity contribution is -0.148. The lowest BCUT2D eigenvalue weighted by atomic mass is 9.65. The molecule has 1 heterocycles. The van der Waals surface area contributed by atoms with Crippen LogP contribution in [0.4, 0.5) is 0 Å². The molecule has 1 fully saturated rings. The van der Waals surface area contributed by atoms with E-state index in [0.717, 1.165) is 57.6 Å². The molecule has 27 heavy (non-hydrogen) atoms. The van der Waals surface area contributed by atoms with Crippen LogP contribution in [0.1, 0.15) is 88.0 Å². The van der Waals surface area contributed by atoms with Crippen LogP contribution in [0.3, 0.4) is 0 Å². The minimum atomic E-state index is -0.280. The van der Waals surface area contributed by atoms with Crippen LogP contribution in [0.2, 0.25) is 0 Å². The van der Waals surface area contributed by atoms with E-state index in [0.29, 0.717) is 5.91 Å². The van der Waals surface area contributed by atoms with Gasteiger partial charge in [0.15, 0.2) is 0 Å². The van der Waals surface area contributed by atoms with Crippen LogP contribution in [-0.2, 0) is 9.59 Å². The Morgan fingerprint density at radius 1 is 1.04 bits per heavy atom. The Morgan fingerprint density at radius 3 is 1.89 bits per heavy atom. The third-order valence-electron chi connectivity index (χ3n) is 6.00. The van der Waals surface area contributed by atoms with Crippen LogP contribution in [0.15, 0.2) is 0 Å². The van der Waals surface area contributed by atoms with Crippen molar-refractivity contribution in [1.82, 2.24) is 9.80 Å². The summed E-state index contributed by atoms with van der Waals surface area (Å²) in [6.07, 6.45) is 4.99. The van der Waals surface area contributed by atoms with E-state index in [1.165, 1.54) is 6.42 Å². The first kappa shape index (κ1) is 28.3. The number of amides is 1. The van der Waals surface area contributed by atoms with Gasteiger partial charge in [0.2, 0.25) is 5.91 Å². The first-order valence-corrected chi connectivity index (χ1v) is 10.9. The van der Waals surface area contributed by atoms with Crippen molar-refractivity contribution in [2.45, 2.75) is 88.0 Å². The zero-order valence-electron chi connectivity index (χ0n) is 20.0. The zero-order valence-corrected chi connectivity index (χ0v) is 20.0. The molecule has 4 heteroatoms. The summed E-state index contributed by atoms with van der Waals surface area (Å²) in [7, 11) is 2.11. The molecule has 1 amide bonds. The Hall–Kier alpha value is -0.900. The van der Waals surface area contributed by atoms with Gasteiger partial charge in [-0.3, -0.25) is 4.79 Å². The van der Waals surface area contributed by atoms with Crippen molar-refractivity contribution in [2.75, 3.05) is 33.2 Å². The minimum absolute atomic E-state index is 0.0490. The van der Waals surface area contributed by atoms with Gasteiger partial charge in [0.05, 0.1) is 0 Å². The fourth-order valence-electron chi connectivity index (χ4n) is 2.75. The molecule has 0 unspecified atom stereocenters. The zero-order chi connectivity index (χ0) is 21.7. The summed E-state index contributed by atoms with van der Waals surface area (Å²) in [5.74, 6) is 1.06. The molecule has 162 valence electrons. The highest BCUT2D eigenvalue weighted by molar-refractivity contribution is 5.83. The van der Waals surface area contributed by atoms with E-state index < -0.39 is 0 Å². The topological polar surface area (TPSA) is 40.6 Å². The first-order chi connectivity index (χ1) is 12.5. The number of rotatable bonds is 7. The van der Waals surface area contributed by atoms with Gasteiger partial charge >= 0.3 is 0 Å². The number of carbonyl (C=O) groups excluding carboxylic acids is 2. The summed E-state index contributed by atoms with van der Waals surface area (Å²) < 4.78 is 0. The van der Waals surface area contributed by atoms with Gasteiger partial charge in [-0.2, -0.15) is 0 Å². The van der Waals surface area contributed by atoms with Gasteiger partial charge in [0.1, 0.15) is 6.29 Å². The van der Waals surface area contributed by atoms with Crippen molar-refractivity contribution in [1.29, 1.82) is 0 Å². The predicted octanol–water partition coefficient (Wildman–Crippen LogP) is 5.26. The molecule has 0 aromatic carbocycles. The SMILES string of the molecule is CC.CC(C)CCCC=O.CCC(C)(C)C(C)(C)C(=O)N1CCN(C)CC1. The smallest absolute Gasteiger partial charge is 0.228 e. The molecular weight excluding hydrogens is 336 g/mol. The molecule has 0 aromatic rings. The van der Waals surface area contributed by atoms with Gasteiger partial charge in [-0.15, -0.1) is 0 Å². The van der Waals surface area contributed by atoms with Gasteiger partial charge in [0.25, 0.3) is 0 Å². The molecule has 0 aliphatic carbocycles. The molecule has 0 spiro atoms. The largest absolute Gasteiger partial charge is 0.340 e. The van der Waals surface area contributed by atoms with Gasteiger partial charge in [0, 0.05) is 38.0 Å². The van der Waals surface area contributed by atoms with Crippen LogP contribution >= 0.6 is 0 Å². The average molecular weight is 385 g/mol. The lowest BCUT2D eigenvalue weighted by Gasteiger charge is -2.44. The Morgan fingerprint density at radius 2 is 1.52 bits per heavy atom. The van der Waals surface area contributed by atoms with Crippen molar-refractivity contribution in [2.24, 2.45) is 16.7 Å². The number of carbonyl (C=O) groups is 2. The van der Waals surface area contributed by atoms with Crippen molar-refractivity contribution < 1.29 is 9.59 Å². The van der Waals surface area contributed by atoms with Crippen molar-refractivity contribution in [3.63, 3.8) is 0 Å². The second-order valence-corrected chi connectivity index (χ2v) is 8.95. The average Bonchev–Trinajstić information content (AvgIpc) is 2.63. The minimum Gasteiger partial charge on any atom is -0.340 e. The quantitative estimate of drug-likeness (QED) is 0.444. The number of aldehydes is 1. The van der Waals surface area contributed by atoms with E-state index in [4.69, 9.17) is 0 Å². The third-order valence-corrected chi connectivity index (χ3v) is 6.00. The van der Waals surface area contributed by atoms with E-state index in [1.54, 1.807) is 0 Å². The van der Waals surface area contributed by atoms with E-state index >= 15 is 0 Å². The van der Waals surface area contributed by atoms with E-state index in [9.17, 15) is 9.59 Å². The Kier molecular flexibility index (Phi) is 14.8. The lowest BCUT2D eigenvalue weighted by Crippen LogP contribution is -2.54. The maximum absolute atomic E-state index is 12.6. The molecule has 0 saturated carbocycles. The maximum Gasteiger partial charge on any atom is 0.228 e. The third kappa shape index (κ3) is 10.3. The van der Waals surface area contributed by atoms with E-state index in [2.05, 4.69) is 60.4 Å². The van der Waals surface area contributed by atoms with E-state index in [-0.39, 0.29) is 10.8 Å². The first-order valence-electron chi connectivity index (χ1n) is 10.9. The molecule has 4 nitrogen and oxygen atoms in total. The number of likely N-dealkylation sites (N-methyl/N-ethyl adjacent to an activating group) is 1. The summed E-state index contributed by atoms with van der Waals surface area (Å²) in [6, 6.07) is 0. The normalized spacial score (nSPS) is 15.4. The summed E-state index contributed by atoms with van der Waals surface area (Å²) in [5.41, 5.74) is -0.231. The standard InChI is InChI=1S/C14H28N2O.C7H14O.C2H6/c1-7-13(2,3)14(4,5)12(17)16-10-8-15(6)9-11-16;1-7(2)5-3-4-6-8;1-2/h7-11H2,1-6H3;6-7H,3-5H2,1-2H3;1-2H3. The predicted molar refractivity (Wildman–Crippen MR) is 118 cm³/mol. The molecular formula is C23H48N2O2. The van der Waals surface area contributed by atoms with Gasteiger partial charge in [-0.05, 0) is 31.2 Å². The molecule has 1 aliphatic heterocycles. The Balaban J connectivity index is 0. The number of hydrogen-bond donors (Lipinski definition) is 0. The monoisotopic (exact) mass is 384 g/mol. The molecule has 0 N–H and O–H groups in total. The second-order valence-electron chi connectivity index (χ2n) is 8.95. The second kappa shape index (κ2) is 14.1. The summed E-state index contributed by atoms with van der Waals surface area (Å²) in [4.78, 5) is 26.7. The molecule has 1 aliphatic rings. The van der Waals surface area contributed by atoms with Gasteiger partial charge < -0.3 is 14.6 Å². The highest BCUT2D eigenvalue weighted by Gasteiger charge is 2.44. The molecule has 1 rings (SSSR count). The van der Waals surface area contributed by atoms with Gasteiger partial charge in [-0.1, -0.05) is 68.7 Å². The highest BCUT2D eigenvalue weighted by atomic mass is 16.2. The Bertz CT molecular complexity index is 395. The van der Waals surface area contributed by atoms with Crippen molar-refractivity contribution in [3.8, 4) is 0 Å². The van der Waals surface area contributed by atoms with Crippen LogP contribution < -0.4 is 0 Å². The van der Waals surface area contributed by atoms with E-state index in [1.807, 2.05) is 18.7 Å². The highest BCUT2D eigenvalue weighted by Crippen LogP contribution is 2.42. The maximum atomic E-state index is 12.6. The van der Waals surface area contributed by atoms with Crippen LogP contribution in [-0.4, -0.2) is 55.2 Å². The van der Waals surface area contributed by atoms with Crippen LogP contribution in [0.5, 0.6) is 0 Å². The molecule has 0 bridgehead atoms. The summed E-state index contributed by atoms with van der Waals surface area (Å²) in [6.45, 7) is 22.8. The van der Waals surface area contributed by atoms with Gasteiger partial charge in [-0.25, -0.2) is 0 Å². The molecule has 0 atom stereocenters. The fourth-order valence-corrected chi connectivity index (χ4v) is 2.75. The summed E-state index contributed by atoms with van der Waals surface area (Å²) >= 11 is 0. The Labute approximate surface area is 170 Å². The fraction of sp³-hybridized carbons (Fsp3) is 0.913. The number of unbranched alkanes of at least 4 members (excludes halogenated alkanes) is 1. The number of piperazine rings is 1. The van der Waals surface area contributed by atoms with Crippen molar-refractivity contribution >= 4 is 12.2 Å². The summed E-state index contributed by atoms with van der Waals surface area (Å²) in [5, 5.41) is 0.